The fraction of sp³-hybridized carbons (Fsp3) is 0.0444. The monoisotopic (exact) mass is 650 g/mol. The quantitative estimate of drug-likeness (QED) is 0.130. The zero-order valence-electron chi connectivity index (χ0n) is 28.4. The van der Waals surface area contributed by atoms with Gasteiger partial charge in [0.25, 0.3) is 0 Å². The Kier molecular flexibility index (Phi) is 7.59. The number of imidazole rings is 1. The van der Waals surface area contributed by atoms with E-state index in [1.165, 1.54) is 49.0 Å². The summed E-state index contributed by atoms with van der Waals surface area (Å²) in [7, 11) is 31.0. The van der Waals surface area contributed by atoms with E-state index in [-0.39, 0.29) is 5.82 Å². The van der Waals surface area contributed by atoms with Crippen LogP contribution in [-0.4, -0.2) is 48.8 Å². The van der Waals surface area contributed by atoms with E-state index in [4.69, 9.17) is 44.2 Å². The minimum Gasteiger partial charge on any atom is -0.297 e. The van der Waals surface area contributed by atoms with E-state index in [9.17, 15) is 0 Å². The molecular weight excluding hydrogens is 623 g/mol. The Labute approximate surface area is 310 Å². The highest BCUT2D eigenvalue weighted by molar-refractivity contribution is 6.67. The molecule has 0 bridgehead atoms. The lowest BCUT2D eigenvalue weighted by Gasteiger charge is -2.41. The molecule has 0 aliphatic carbocycles. The molecule has 0 atom stereocenters. The van der Waals surface area contributed by atoms with Crippen LogP contribution in [0.3, 0.4) is 0 Å². The normalized spacial score (nSPS) is 12.2. The summed E-state index contributed by atoms with van der Waals surface area (Å²) < 4.78 is 1.86. The van der Waals surface area contributed by atoms with Crippen molar-refractivity contribution in [2.45, 2.75) is 10.3 Å². The summed E-state index contributed by atoms with van der Waals surface area (Å²) >= 11 is 0. The van der Waals surface area contributed by atoms with Crippen molar-refractivity contribution in [1.29, 1.82) is 0 Å². The number of rotatable bonds is 6. The van der Waals surface area contributed by atoms with Crippen LogP contribution < -0.4 is 0 Å². The fourth-order valence-electron chi connectivity index (χ4n) is 7.56. The van der Waals surface area contributed by atoms with Crippen molar-refractivity contribution in [3.05, 3.63) is 170 Å². The molecule has 8 aromatic carbocycles. The fourth-order valence-corrected chi connectivity index (χ4v) is 7.56. The van der Waals surface area contributed by atoms with Crippen molar-refractivity contribution in [3.63, 3.8) is 0 Å². The highest BCUT2D eigenvalue weighted by Gasteiger charge is 2.36. The van der Waals surface area contributed by atoms with Gasteiger partial charge < -0.3 is 0 Å². The molecule has 0 aliphatic rings. The van der Waals surface area contributed by atoms with Gasteiger partial charge in [0.05, 0.1) is 50.3 Å². The highest BCUT2D eigenvalue weighted by atomic mass is 15.1. The highest BCUT2D eigenvalue weighted by Crippen LogP contribution is 2.45. The van der Waals surface area contributed by atoms with Gasteiger partial charge in [-0.25, -0.2) is 4.98 Å². The second-order valence-electron chi connectivity index (χ2n) is 13.6. The molecule has 9 rings (SSSR count). The van der Waals surface area contributed by atoms with Crippen molar-refractivity contribution in [2.75, 3.05) is 0 Å². The number of hydrogen-bond donors (Lipinski definition) is 0. The van der Waals surface area contributed by atoms with Gasteiger partial charge in [-0.05, 0) is 90.0 Å². The summed E-state index contributed by atoms with van der Waals surface area (Å²) in [6.07, 6.45) is 0. The van der Waals surface area contributed by atoms with Gasteiger partial charge in [0.15, 0.2) is 0 Å². The average Bonchev–Trinajstić information content (AvgIpc) is 3.57. The van der Waals surface area contributed by atoms with E-state index < -0.39 is 10.3 Å². The van der Waals surface area contributed by atoms with Gasteiger partial charge >= 0.3 is 0 Å². The lowest BCUT2D eigenvalue weighted by Crippen LogP contribution is -2.45. The van der Waals surface area contributed by atoms with Crippen LogP contribution in [0.15, 0.2) is 164 Å². The predicted octanol–water partition coefficient (Wildman–Crippen LogP) is 9.56. The molecule has 2 nitrogen and oxygen atoms in total. The van der Waals surface area contributed by atoms with Gasteiger partial charge in [0.2, 0.25) is 0 Å². The molecule has 10 radical (unpaired) electrons. The Hall–Kier alpha value is -5.67. The minimum absolute atomic E-state index is 0.268. The maximum atomic E-state index is 6.45. The summed E-state index contributed by atoms with van der Waals surface area (Å²) in [6.45, 7) is 0. The molecule has 7 heteroatoms. The van der Waals surface area contributed by atoms with Crippen molar-refractivity contribution in [3.8, 4) is 39.1 Å². The Balaban J connectivity index is 1.14. The van der Waals surface area contributed by atoms with Crippen LogP contribution in [-0.2, 0) is 5.21 Å². The zero-order chi connectivity index (χ0) is 35.6. The van der Waals surface area contributed by atoms with E-state index >= 15 is 0 Å². The van der Waals surface area contributed by atoms with Crippen LogP contribution in [0.1, 0.15) is 5.82 Å². The maximum Gasteiger partial charge on any atom is 0.101 e. The Morgan fingerprint density at radius 2 is 0.904 bits per heavy atom. The molecule has 52 heavy (non-hydrogen) atoms. The number of aromatic nitrogens is 2. The van der Waals surface area contributed by atoms with E-state index in [0.717, 1.165) is 27.9 Å². The first-order valence-corrected chi connectivity index (χ1v) is 17.3. The van der Waals surface area contributed by atoms with Crippen LogP contribution in [0.25, 0.3) is 82.4 Å². The molecule has 0 saturated heterocycles. The number of fused-ring (bicyclic) bond motifs is 4. The summed E-state index contributed by atoms with van der Waals surface area (Å²) in [5, 5.41) is 3.65. The third-order valence-corrected chi connectivity index (χ3v) is 10.3. The van der Waals surface area contributed by atoms with Gasteiger partial charge in [-0.15, -0.1) is 5.11 Å². The molecule has 1 heterocycles. The smallest absolute Gasteiger partial charge is 0.101 e. The summed E-state index contributed by atoms with van der Waals surface area (Å²) in [5.41, 5.74) is 9.33. The molecule has 0 amide bonds. The first-order valence-electron chi connectivity index (χ1n) is 17.3. The number of nitrogens with zero attached hydrogens (tertiary/aromatic N) is 2. The molecule has 0 saturated carbocycles. The molecule has 0 aliphatic heterocycles. The molecule has 0 N–H and O–H groups in total. The van der Waals surface area contributed by atoms with Crippen LogP contribution in [0.4, 0.5) is 0 Å². The van der Waals surface area contributed by atoms with Crippen LogP contribution in [0, 0.1) is 0 Å². The van der Waals surface area contributed by atoms with Crippen molar-refractivity contribution in [1.82, 2.24) is 9.55 Å². The average molecular weight is 650 g/mol. The molecule has 0 spiro atoms. The van der Waals surface area contributed by atoms with E-state index in [2.05, 4.69) is 127 Å². The standard InChI is InChI=1S/C45H27B5N2/c46-44(47,45(48,49)50)43-51-39-18-7-8-19-40(39)52(43)32-26-24-29(25-27-32)28-20-22-31(23-21-28)41-35-13-3-5-15-37(35)42(38-16-6-4-14-36(38)41)34-17-9-11-30-10-1-2-12-33(30)34/h1-27H. The van der Waals surface area contributed by atoms with Gasteiger partial charge in [-0.1, -0.05) is 145 Å². The third-order valence-electron chi connectivity index (χ3n) is 10.3. The summed E-state index contributed by atoms with van der Waals surface area (Å²) in [6, 6.07) is 57.4. The topological polar surface area (TPSA) is 17.8 Å². The minimum atomic E-state index is -1.92. The number of benzene rings is 8. The summed E-state index contributed by atoms with van der Waals surface area (Å²) in [4.78, 5) is 4.70. The predicted molar refractivity (Wildman–Crippen MR) is 223 cm³/mol. The van der Waals surface area contributed by atoms with Gasteiger partial charge in [0.1, 0.15) is 5.82 Å². The van der Waals surface area contributed by atoms with Crippen molar-refractivity contribution >= 4 is 82.6 Å². The second-order valence-corrected chi connectivity index (χ2v) is 13.6. The van der Waals surface area contributed by atoms with E-state index in [0.29, 0.717) is 5.52 Å². The van der Waals surface area contributed by atoms with Gasteiger partial charge in [0, 0.05) is 5.69 Å². The maximum absolute atomic E-state index is 6.45. The van der Waals surface area contributed by atoms with E-state index in [1.807, 2.05) is 41.0 Å². The van der Waals surface area contributed by atoms with Crippen LogP contribution >= 0.6 is 0 Å². The molecule has 0 unspecified atom stereocenters. The lowest BCUT2D eigenvalue weighted by molar-refractivity contribution is 0.757. The molecule has 9 aromatic rings. The van der Waals surface area contributed by atoms with Crippen LogP contribution in [0.2, 0.25) is 5.11 Å². The number of hydrogen-bond acceptors (Lipinski definition) is 1. The first-order chi connectivity index (χ1) is 25.2. The largest absolute Gasteiger partial charge is 0.297 e. The molecule has 232 valence electrons. The molecule has 1 aromatic heterocycles. The second kappa shape index (κ2) is 12.2. The van der Waals surface area contributed by atoms with Crippen molar-refractivity contribution in [2.24, 2.45) is 0 Å². The van der Waals surface area contributed by atoms with Gasteiger partial charge in [-0.3, -0.25) is 4.57 Å². The Morgan fingerprint density at radius 3 is 1.52 bits per heavy atom. The lowest BCUT2D eigenvalue weighted by atomic mass is 9.23. The Bertz CT molecular complexity index is 2740. The number of para-hydroxylation sites is 2. The van der Waals surface area contributed by atoms with Crippen LogP contribution in [0.5, 0.6) is 0 Å². The third kappa shape index (κ3) is 5.13. The molecule has 0 fully saturated rings. The SMILES string of the molecule is [B]C([B])([B])C([B])([B])c1nc2ccccc2n1-c1ccc(-c2ccc(-c3c4ccccc4c(-c4cccc5ccccc45)c4ccccc34)cc2)cc1. The first kappa shape index (κ1) is 32.3. The van der Waals surface area contributed by atoms with Crippen molar-refractivity contribution < 1.29 is 0 Å². The molecular formula is C45H27B5N2. The van der Waals surface area contributed by atoms with Gasteiger partial charge in [-0.2, -0.15) is 0 Å². The van der Waals surface area contributed by atoms with E-state index in [1.54, 1.807) is 0 Å². The summed E-state index contributed by atoms with van der Waals surface area (Å²) in [5.74, 6) is 0.268. The zero-order valence-corrected chi connectivity index (χ0v) is 28.4. The Morgan fingerprint density at radius 1 is 0.423 bits per heavy atom.